The lowest BCUT2D eigenvalue weighted by molar-refractivity contribution is -0.142. The first-order valence-electron chi connectivity index (χ1n) is 11.6. The van der Waals surface area contributed by atoms with Crippen molar-refractivity contribution in [2.45, 2.75) is 19.0 Å². The number of pyridine rings is 1. The molecule has 1 fully saturated rings. The molecule has 3 aromatic heterocycles. The topological polar surface area (TPSA) is 73.1 Å². The third-order valence-corrected chi connectivity index (χ3v) is 6.39. The standard InChI is InChI=1S/C26H24F3N5O2/c1-33-22(18-8-3-2-4-9-18)20(21-24(33)32-13-12-30-21)25(35)34-14-6-7-17(15-34)16-36-19-10-5-11-31-23(19)26(27,28)29/h2-5,8-13,17H,6-7,14-16H2,1H3. The number of ether oxygens (including phenoxy) is 1. The first-order valence-corrected chi connectivity index (χ1v) is 11.6. The Kier molecular flexibility index (Phi) is 6.34. The van der Waals surface area contributed by atoms with Crippen LogP contribution in [0.4, 0.5) is 13.2 Å². The molecule has 4 aromatic rings. The highest BCUT2D eigenvalue weighted by Crippen LogP contribution is 2.35. The van der Waals surface area contributed by atoms with E-state index in [1.54, 1.807) is 17.3 Å². The van der Waals surface area contributed by atoms with E-state index >= 15 is 0 Å². The minimum Gasteiger partial charge on any atom is -0.491 e. The zero-order chi connectivity index (χ0) is 25.3. The van der Waals surface area contributed by atoms with Crippen LogP contribution < -0.4 is 4.74 Å². The van der Waals surface area contributed by atoms with Crippen molar-refractivity contribution >= 4 is 17.1 Å². The van der Waals surface area contributed by atoms with Crippen LogP contribution in [0.15, 0.2) is 61.1 Å². The molecule has 10 heteroatoms. The quantitative estimate of drug-likeness (QED) is 0.391. The molecule has 7 nitrogen and oxygen atoms in total. The lowest BCUT2D eigenvalue weighted by atomic mass is 9.97. The van der Waals surface area contributed by atoms with E-state index in [-0.39, 0.29) is 24.2 Å². The Morgan fingerprint density at radius 3 is 2.61 bits per heavy atom. The zero-order valence-electron chi connectivity index (χ0n) is 19.6. The van der Waals surface area contributed by atoms with Crippen molar-refractivity contribution in [3.8, 4) is 17.0 Å². The van der Waals surface area contributed by atoms with Crippen LogP contribution in [-0.2, 0) is 13.2 Å². The van der Waals surface area contributed by atoms with E-state index in [0.29, 0.717) is 29.8 Å². The van der Waals surface area contributed by atoms with E-state index in [1.807, 2.05) is 41.9 Å². The molecule has 0 aliphatic carbocycles. The minimum absolute atomic E-state index is 0.0550. The second-order valence-electron chi connectivity index (χ2n) is 8.80. The molecule has 186 valence electrons. The summed E-state index contributed by atoms with van der Waals surface area (Å²) in [6, 6.07) is 12.3. The van der Waals surface area contributed by atoms with Gasteiger partial charge in [0.25, 0.3) is 5.91 Å². The van der Waals surface area contributed by atoms with Crippen LogP contribution >= 0.6 is 0 Å². The number of hydrogen-bond donors (Lipinski definition) is 0. The number of hydrogen-bond acceptors (Lipinski definition) is 5. The van der Waals surface area contributed by atoms with Gasteiger partial charge >= 0.3 is 6.18 Å². The van der Waals surface area contributed by atoms with Gasteiger partial charge in [0.2, 0.25) is 0 Å². The maximum absolute atomic E-state index is 13.9. The second kappa shape index (κ2) is 9.60. The van der Waals surface area contributed by atoms with E-state index < -0.39 is 11.9 Å². The highest BCUT2D eigenvalue weighted by molar-refractivity contribution is 6.10. The van der Waals surface area contributed by atoms with Crippen LogP contribution in [0, 0.1) is 5.92 Å². The molecule has 5 rings (SSSR count). The van der Waals surface area contributed by atoms with Crippen LogP contribution in [0.1, 0.15) is 28.9 Å². The molecule has 1 amide bonds. The molecule has 1 saturated heterocycles. The van der Waals surface area contributed by atoms with Gasteiger partial charge in [0.15, 0.2) is 11.3 Å². The number of halogens is 3. The molecule has 0 bridgehead atoms. The maximum atomic E-state index is 13.9. The van der Waals surface area contributed by atoms with Gasteiger partial charge in [-0.2, -0.15) is 13.2 Å². The lowest BCUT2D eigenvalue weighted by Crippen LogP contribution is -2.41. The van der Waals surface area contributed by atoms with Gasteiger partial charge in [0, 0.05) is 44.6 Å². The molecule has 0 N–H and O–H groups in total. The Bertz CT molecular complexity index is 1390. The highest BCUT2D eigenvalue weighted by Gasteiger charge is 2.37. The minimum atomic E-state index is -4.60. The molecule has 0 saturated carbocycles. The van der Waals surface area contributed by atoms with Gasteiger partial charge in [-0.3, -0.25) is 9.78 Å². The SMILES string of the molecule is Cn1c(-c2ccccc2)c(C(=O)N2CCCC(COc3cccnc3C(F)(F)F)C2)c2nccnc21. The predicted molar refractivity (Wildman–Crippen MR) is 127 cm³/mol. The Balaban J connectivity index is 1.40. The summed E-state index contributed by atoms with van der Waals surface area (Å²) in [6.45, 7) is 0.964. The molecular formula is C26H24F3N5O2. The summed E-state index contributed by atoms with van der Waals surface area (Å²) < 4.78 is 47.2. The van der Waals surface area contributed by atoms with Crippen LogP contribution in [0.25, 0.3) is 22.4 Å². The number of fused-ring (bicyclic) bond motifs is 1. The summed E-state index contributed by atoms with van der Waals surface area (Å²) in [4.78, 5) is 27.9. The van der Waals surface area contributed by atoms with Crippen LogP contribution in [0.2, 0.25) is 0 Å². The summed E-state index contributed by atoms with van der Waals surface area (Å²) in [5.74, 6) is -0.601. The number of benzene rings is 1. The van der Waals surface area contributed by atoms with Crippen molar-refractivity contribution in [1.82, 2.24) is 24.4 Å². The van der Waals surface area contributed by atoms with Crippen molar-refractivity contribution < 1.29 is 22.7 Å². The maximum Gasteiger partial charge on any atom is 0.437 e. The van der Waals surface area contributed by atoms with Gasteiger partial charge in [-0.25, -0.2) is 9.97 Å². The van der Waals surface area contributed by atoms with E-state index in [4.69, 9.17) is 4.74 Å². The summed E-state index contributed by atoms with van der Waals surface area (Å²) in [5, 5.41) is 0. The van der Waals surface area contributed by atoms with Gasteiger partial charge in [-0.1, -0.05) is 30.3 Å². The van der Waals surface area contributed by atoms with Crippen molar-refractivity contribution in [2.24, 2.45) is 13.0 Å². The first kappa shape index (κ1) is 23.8. The Hall–Kier alpha value is -3.95. The van der Waals surface area contributed by atoms with Gasteiger partial charge in [0.05, 0.1) is 17.9 Å². The summed E-state index contributed by atoms with van der Waals surface area (Å²) in [5.41, 5.74) is 2.15. The number of amides is 1. The predicted octanol–water partition coefficient (Wildman–Crippen LogP) is 4.98. The van der Waals surface area contributed by atoms with Crippen molar-refractivity contribution in [1.29, 1.82) is 0 Å². The molecule has 1 atom stereocenters. The van der Waals surface area contributed by atoms with Crippen LogP contribution in [-0.4, -0.2) is 50.0 Å². The smallest absolute Gasteiger partial charge is 0.437 e. The van der Waals surface area contributed by atoms with Crippen molar-refractivity contribution in [3.05, 3.63) is 72.3 Å². The summed E-state index contributed by atoms with van der Waals surface area (Å²) >= 11 is 0. The number of aryl methyl sites for hydroxylation is 1. The van der Waals surface area contributed by atoms with Gasteiger partial charge < -0.3 is 14.2 Å². The Labute approximate surface area is 205 Å². The molecule has 1 aromatic carbocycles. The number of carbonyl (C=O) groups excluding carboxylic acids is 1. The summed E-state index contributed by atoms with van der Waals surface area (Å²) in [7, 11) is 1.86. The van der Waals surface area contributed by atoms with E-state index in [9.17, 15) is 18.0 Å². The van der Waals surface area contributed by atoms with E-state index in [0.717, 1.165) is 30.3 Å². The second-order valence-corrected chi connectivity index (χ2v) is 8.80. The average molecular weight is 496 g/mol. The summed E-state index contributed by atoms with van der Waals surface area (Å²) in [6.07, 6.45) is 1.10. The third kappa shape index (κ3) is 4.50. The number of aromatic nitrogens is 4. The number of nitrogens with zero attached hydrogens (tertiary/aromatic N) is 5. The van der Waals surface area contributed by atoms with Crippen molar-refractivity contribution in [2.75, 3.05) is 19.7 Å². The number of likely N-dealkylation sites (tertiary alicyclic amines) is 1. The largest absolute Gasteiger partial charge is 0.491 e. The zero-order valence-corrected chi connectivity index (χ0v) is 19.6. The van der Waals surface area contributed by atoms with E-state index in [1.165, 1.54) is 12.1 Å². The van der Waals surface area contributed by atoms with Gasteiger partial charge in [-0.15, -0.1) is 0 Å². The highest BCUT2D eigenvalue weighted by atomic mass is 19.4. The molecule has 1 aliphatic rings. The fraction of sp³-hybridized carbons (Fsp3) is 0.308. The van der Waals surface area contributed by atoms with Gasteiger partial charge in [0.1, 0.15) is 11.3 Å². The van der Waals surface area contributed by atoms with Gasteiger partial charge in [-0.05, 0) is 30.5 Å². The molecule has 4 heterocycles. The lowest BCUT2D eigenvalue weighted by Gasteiger charge is -2.33. The first-order chi connectivity index (χ1) is 17.3. The number of alkyl halides is 3. The van der Waals surface area contributed by atoms with Crippen molar-refractivity contribution in [3.63, 3.8) is 0 Å². The molecule has 1 aliphatic heterocycles. The number of carbonyl (C=O) groups is 1. The Morgan fingerprint density at radius 1 is 1.06 bits per heavy atom. The molecule has 0 spiro atoms. The normalized spacial score (nSPS) is 16.3. The van der Waals surface area contributed by atoms with Crippen LogP contribution in [0.5, 0.6) is 5.75 Å². The number of rotatable bonds is 5. The molecule has 0 radical (unpaired) electrons. The fourth-order valence-corrected chi connectivity index (χ4v) is 4.75. The molecular weight excluding hydrogens is 471 g/mol. The number of piperidine rings is 1. The monoisotopic (exact) mass is 495 g/mol. The fourth-order valence-electron chi connectivity index (χ4n) is 4.75. The average Bonchev–Trinajstić information content (AvgIpc) is 3.19. The third-order valence-electron chi connectivity index (χ3n) is 6.39. The Morgan fingerprint density at radius 2 is 1.83 bits per heavy atom. The van der Waals surface area contributed by atoms with E-state index in [2.05, 4.69) is 15.0 Å². The molecule has 36 heavy (non-hydrogen) atoms. The molecule has 1 unspecified atom stereocenters. The van der Waals surface area contributed by atoms with Crippen LogP contribution in [0.3, 0.4) is 0 Å².